The summed E-state index contributed by atoms with van der Waals surface area (Å²) in [6, 6.07) is 7.23. The van der Waals surface area contributed by atoms with Crippen molar-refractivity contribution in [1.29, 1.82) is 0 Å². The zero-order valence-electron chi connectivity index (χ0n) is 13.0. The molecule has 3 rings (SSSR count). The zero-order valence-corrected chi connectivity index (χ0v) is 14.7. The van der Waals surface area contributed by atoms with Crippen molar-refractivity contribution in [3.63, 3.8) is 0 Å². The Balaban J connectivity index is 1.81. The van der Waals surface area contributed by atoms with E-state index in [0.717, 1.165) is 25.9 Å². The average Bonchev–Trinajstić information content (AvgIpc) is 3.28. The Kier molecular flexibility index (Phi) is 5.16. The molecular weight excluding hydrogens is 330 g/mol. The van der Waals surface area contributed by atoms with Gasteiger partial charge < -0.3 is 15.2 Å². The molecular formula is C17H21NO3S2. The molecule has 1 atom stereocenters. The van der Waals surface area contributed by atoms with Gasteiger partial charge in [0.25, 0.3) is 0 Å². The highest BCUT2D eigenvalue weighted by molar-refractivity contribution is 7.12. The van der Waals surface area contributed by atoms with Gasteiger partial charge in [-0.3, -0.25) is 0 Å². The van der Waals surface area contributed by atoms with Gasteiger partial charge in [-0.25, -0.2) is 4.79 Å². The van der Waals surface area contributed by atoms with Crippen LogP contribution in [-0.2, 0) is 15.1 Å². The van der Waals surface area contributed by atoms with Gasteiger partial charge in [0, 0.05) is 0 Å². The van der Waals surface area contributed by atoms with Crippen LogP contribution in [0, 0.1) is 5.92 Å². The van der Waals surface area contributed by atoms with Crippen molar-refractivity contribution in [2.75, 3.05) is 13.1 Å². The van der Waals surface area contributed by atoms with Gasteiger partial charge in [-0.15, -0.1) is 22.7 Å². The van der Waals surface area contributed by atoms with Crippen LogP contribution >= 0.6 is 22.7 Å². The van der Waals surface area contributed by atoms with Crippen molar-refractivity contribution in [1.82, 2.24) is 5.32 Å². The third-order valence-electron chi connectivity index (χ3n) is 4.39. The van der Waals surface area contributed by atoms with Crippen LogP contribution in [0.1, 0.15) is 29.5 Å². The van der Waals surface area contributed by atoms with Gasteiger partial charge in [0.15, 0.2) is 0 Å². The Labute approximate surface area is 144 Å². The van der Waals surface area contributed by atoms with Crippen LogP contribution in [0.4, 0.5) is 0 Å². The summed E-state index contributed by atoms with van der Waals surface area (Å²) in [4.78, 5) is 14.0. The summed E-state index contributed by atoms with van der Waals surface area (Å²) in [5.41, 5.74) is -1.70. The number of nitrogens with one attached hydrogen (secondary N) is 1. The maximum Gasteiger partial charge on any atom is 0.349 e. The van der Waals surface area contributed by atoms with E-state index in [0.29, 0.717) is 15.7 Å². The summed E-state index contributed by atoms with van der Waals surface area (Å²) in [5, 5.41) is 18.2. The number of carbonyl (C=O) groups excluding carboxylic acids is 1. The number of carbonyl (C=O) groups is 1. The molecule has 0 aromatic carbocycles. The van der Waals surface area contributed by atoms with E-state index in [4.69, 9.17) is 4.74 Å². The molecule has 1 aliphatic rings. The number of hydrogen-bond acceptors (Lipinski definition) is 6. The number of rotatable bonds is 5. The minimum absolute atomic E-state index is 0.198. The van der Waals surface area contributed by atoms with E-state index < -0.39 is 11.6 Å². The average molecular weight is 351 g/mol. The van der Waals surface area contributed by atoms with Crippen LogP contribution in [0.2, 0.25) is 0 Å². The van der Waals surface area contributed by atoms with Gasteiger partial charge in [-0.2, -0.15) is 0 Å². The summed E-state index contributed by atoms with van der Waals surface area (Å²) < 4.78 is 5.70. The number of ether oxygens (including phenoxy) is 1. The van der Waals surface area contributed by atoms with Crippen molar-refractivity contribution in [2.24, 2.45) is 5.92 Å². The lowest BCUT2D eigenvalue weighted by Crippen LogP contribution is -2.41. The molecule has 23 heavy (non-hydrogen) atoms. The second-order valence-electron chi connectivity index (χ2n) is 5.86. The van der Waals surface area contributed by atoms with Gasteiger partial charge in [-0.1, -0.05) is 12.1 Å². The Hall–Kier alpha value is -1.21. The fourth-order valence-electron chi connectivity index (χ4n) is 2.96. The molecule has 0 saturated carbocycles. The van der Waals surface area contributed by atoms with Crippen LogP contribution in [0.5, 0.6) is 0 Å². The minimum Gasteiger partial charge on any atom is -0.460 e. The van der Waals surface area contributed by atoms with Gasteiger partial charge >= 0.3 is 5.97 Å². The lowest BCUT2D eigenvalue weighted by atomic mass is 9.92. The fourth-order valence-corrected chi connectivity index (χ4v) is 4.67. The van der Waals surface area contributed by atoms with Crippen LogP contribution in [-0.4, -0.2) is 30.3 Å². The summed E-state index contributed by atoms with van der Waals surface area (Å²) in [5.74, 6) is -0.232. The fraction of sp³-hybridized carbons (Fsp3) is 0.471. The Morgan fingerprint density at radius 2 is 1.83 bits per heavy atom. The van der Waals surface area contributed by atoms with Crippen LogP contribution in [0.25, 0.3) is 0 Å². The minimum atomic E-state index is -1.70. The topological polar surface area (TPSA) is 58.6 Å². The van der Waals surface area contributed by atoms with Crippen molar-refractivity contribution in [2.45, 2.75) is 31.5 Å². The first kappa shape index (κ1) is 16.6. The lowest BCUT2D eigenvalue weighted by molar-refractivity contribution is -0.169. The molecule has 3 heterocycles. The van der Waals surface area contributed by atoms with Gasteiger partial charge in [0.2, 0.25) is 5.60 Å². The number of hydrogen-bond donors (Lipinski definition) is 2. The third-order valence-corrected chi connectivity index (χ3v) is 6.35. The zero-order chi connectivity index (χ0) is 16.3. The summed E-state index contributed by atoms with van der Waals surface area (Å²) in [7, 11) is 0. The van der Waals surface area contributed by atoms with E-state index >= 15 is 0 Å². The van der Waals surface area contributed by atoms with E-state index in [1.807, 2.05) is 29.8 Å². The van der Waals surface area contributed by atoms with Gasteiger partial charge in [-0.05, 0) is 61.7 Å². The Morgan fingerprint density at radius 1 is 1.26 bits per heavy atom. The molecule has 0 radical (unpaired) electrons. The lowest BCUT2D eigenvalue weighted by Gasteiger charge is -2.31. The molecule has 0 amide bonds. The molecule has 1 aliphatic heterocycles. The Morgan fingerprint density at radius 3 is 2.30 bits per heavy atom. The van der Waals surface area contributed by atoms with Crippen molar-refractivity contribution in [3.05, 3.63) is 44.8 Å². The number of esters is 1. The largest absolute Gasteiger partial charge is 0.460 e. The quantitative estimate of drug-likeness (QED) is 0.813. The molecule has 2 N–H and O–H groups in total. The highest BCUT2D eigenvalue weighted by Crippen LogP contribution is 2.37. The smallest absolute Gasteiger partial charge is 0.349 e. The van der Waals surface area contributed by atoms with Crippen LogP contribution in [0.15, 0.2) is 35.0 Å². The maximum absolute atomic E-state index is 12.8. The van der Waals surface area contributed by atoms with Crippen LogP contribution < -0.4 is 5.32 Å². The molecule has 2 aromatic rings. The van der Waals surface area contributed by atoms with E-state index in [2.05, 4.69) is 5.32 Å². The Bertz CT molecular complexity index is 584. The molecule has 1 fully saturated rings. The van der Waals surface area contributed by atoms with Crippen molar-refractivity contribution < 1.29 is 14.6 Å². The van der Waals surface area contributed by atoms with E-state index in [1.165, 1.54) is 22.7 Å². The first-order valence-corrected chi connectivity index (χ1v) is 9.60. The molecule has 124 valence electrons. The molecule has 4 nitrogen and oxygen atoms in total. The summed E-state index contributed by atoms with van der Waals surface area (Å²) in [6.45, 7) is 3.83. The SMILES string of the molecule is CC(OC(=O)C(O)(c1cccs1)c1cccs1)C1CCNCC1. The first-order valence-electron chi connectivity index (χ1n) is 7.84. The van der Waals surface area contributed by atoms with Crippen LogP contribution in [0.3, 0.4) is 0 Å². The molecule has 6 heteroatoms. The molecule has 0 aliphatic carbocycles. The molecule has 1 unspecified atom stereocenters. The summed E-state index contributed by atoms with van der Waals surface area (Å²) in [6.07, 6.45) is 1.78. The number of piperidine rings is 1. The van der Waals surface area contributed by atoms with E-state index in [-0.39, 0.29) is 6.10 Å². The second kappa shape index (κ2) is 7.13. The maximum atomic E-state index is 12.8. The molecule has 1 saturated heterocycles. The standard InChI is InChI=1S/C17H21NO3S2/c1-12(13-6-8-18-9-7-13)21-16(19)17(20,14-4-2-10-22-14)15-5-3-11-23-15/h2-5,10-13,18,20H,6-9H2,1H3. The highest BCUT2D eigenvalue weighted by atomic mass is 32.1. The van der Waals surface area contributed by atoms with Gasteiger partial charge in [0.05, 0.1) is 9.75 Å². The number of thiophene rings is 2. The molecule has 0 spiro atoms. The van der Waals surface area contributed by atoms with E-state index in [9.17, 15) is 9.90 Å². The molecule has 0 bridgehead atoms. The normalized spacial score (nSPS) is 17.8. The summed E-state index contributed by atoms with van der Waals surface area (Å²) >= 11 is 2.73. The third kappa shape index (κ3) is 3.35. The van der Waals surface area contributed by atoms with Gasteiger partial charge in [0.1, 0.15) is 6.10 Å². The first-order chi connectivity index (χ1) is 11.1. The predicted molar refractivity (Wildman–Crippen MR) is 92.8 cm³/mol. The van der Waals surface area contributed by atoms with Crippen molar-refractivity contribution >= 4 is 28.6 Å². The predicted octanol–water partition coefficient (Wildman–Crippen LogP) is 2.98. The monoisotopic (exact) mass is 351 g/mol. The highest BCUT2D eigenvalue weighted by Gasteiger charge is 2.44. The van der Waals surface area contributed by atoms with E-state index in [1.54, 1.807) is 12.1 Å². The second-order valence-corrected chi connectivity index (χ2v) is 7.76. The van der Waals surface area contributed by atoms with Crippen molar-refractivity contribution in [3.8, 4) is 0 Å². The number of aliphatic hydroxyl groups is 1. The molecule has 2 aromatic heterocycles.